The maximum atomic E-state index is 11.8. The van der Waals surface area contributed by atoms with E-state index in [9.17, 15) is 4.79 Å². The van der Waals surface area contributed by atoms with Gasteiger partial charge in [0, 0.05) is 43.6 Å². The summed E-state index contributed by atoms with van der Waals surface area (Å²) in [5.74, 6) is 2.27. The number of hydrogen-bond donors (Lipinski definition) is 2. The second-order valence-electron chi connectivity index (χ2n) is 6.05. The zero-order valence-electron chi connectivity index (χ0n) is 15.8. The highest BCUT2D eigenvalue weighted by atomic mass is 79.9. The first kappa shape index (κ1) is 20.4. The van der Waals surface area contributed by atoms with E-state index in [-0.39, 0.29) is 11.9 Å². The second-order valence-corrected chi connectivity index (χ2v) is 6.90. The van der Waals surface area contributed by atoms with E-state index >= 15 is 0 Å². The molecule has 1 atom stereocenters. The number of rotatable bonds is 6. The van der Waals surface area contributed by atoms with Gasteiger partial charge in [-0.2, -0.15) is 0 Å². The quantitative estimate of drug-likeness (QED) is 0.538. The molecule has 1 heterocycles. The lowest BCUT2D eigenvalue weighted by Crippen LogP contribution is -2.44. The first-order valence-corrected chi connectivity index (χ1v) is 9.47. The van der Waals surface area contributed by atoms with Gasteiger partial charge in [-0.05, 0) is 24.1 Å². The van der Waals surface area contributed by atoms with E-state index in [1.54, 1.807) is 21.3 Å². The van der Waals surface area contributed by atoms with Crippen LogP contribution in [0.3, 0.4) is 0 Å². The van der Waals surface area contributed by atoms with Crippen LogP contribution in [0.1, 0.15) is 25.3 Å². The third kappa shape index (κ3) is 5.03. The molecule has 2 N–H and O–H groups in total. The van der Waals surface area contributed by atoms with E-state index in [4.69, 9.17) is 9.47 Å². The second kappa shape index (κ2) is 9.66. The number of aliphatic imine (C=N–C) groups is 1. The summed E-state index contributed by atoms with van der Waals surface area (Å²) in [6.45, 7) is 3.98. The van der Waals surface area contributed by atoms with E-state index in [1.165, 1.54) is 0 Å². The number of likely N-dealkylation sites (tertiary alicyclic amines) is 1. The van der Waals surface area contributed by atoms with Crippen molar-refractivity contribution < 1.29 is 14.3 Å². The first-order chi connectivity index (χ1) is 12.5. The van der Waals surface area contributed by atoms with Crippen LogP contribution in [0.4, 0.5) is 0 Å². The minimum atomic E-state index is 0.200. The number of guanidine groups is 1. The number of carbonyl (C=O) groups excluding carboxylic acids is 1. The summed E-state index contributed by atoms with van der Waals surface area (Å²) in [5, 5.41) is 6.70. The summed E-state index contributed by atoms with van der Waals surface area (Å²) in [6.07, 6.45) is 1.47. The normalized spacial score (nSPS) is 17.2. The highest BCUT2D eigenvalue weighted by Crippen LogP contribution is 2.33. The Hall–Kier alpha value is -1.96. The van der Waals surface area contributed by atoms with Crippen LogP contribution in [0.5, 0.6) is 11.5 Å². The summed E-state index contributed by atoms with van der Waals surface area (Å²) >= 11 is 3.56. The SMILES string of the molecule is CCC(=O)N1CCC(NC(=NC)NCc2cc(OC)c(OC)cc2Br)C1. The molecular formula is C18H27BrN4O3. The molecule has 2 rings (SSSR count). The van der Waals surface area contributed by atoms with Crippen molar-refractivity contribution in [3.63, 3.8) is 0 Å². The van der Waals surface area contributed by atoms with Crippen LogP contribution in [0.2, 0.25) is 0 Å². The van der Waals surface area contributed by atoms with E-state index in [1.807, 2.05) is 24.0 Å². The zero-order valence-corrected chi connectivity index (χ0v) is 17.4. The van der Waals surface area contributed by atoms with E-state index in [2.05, 4.69) is 31.6 Å². The lowest BCUT2D eigenvalue weighted by atomic mass is 10.2. The average molecular weight is 427 g/mol. The summed E-state index contributed by atoms with van der Waals surface area (Å²) in [5.41, 5.74) is 1.03. The van der Waals surface area contributed by atoms with Gasteiger partial charge in [0.05, 0.1) is 14.2 Å². The Morgan fingerprint density at radius 3 is 2.65 bits per heavy atom. The molecule has 0 bridgehead atoms. The number of nitrogens with one attached hydrogen (secondary N) is 2. The highest BCUT2D eigenvalue weighted by molar-refractivity contribution is 9.10. The Labute approximate surface area is 163 Å². The van der Waals surface area contributed by atoms with E-state index in [0.717, 1.165) is 23.0 Å². The zero-order chi connectivity index (χ0) is 19.1. The minimum absolute atomic E-state index is 0.200. The lowest BCUT2D eigenvalue weighted by Gasteiger charge is -2.19. The third-order valence-electron chi connectivity index (χ3n) is 4.41. The number of nitrogens with zero attached hydrogens (tertiary/aromatic N) is 2. The van der Waals surface area contributed by atoms with Crippen molar-refractivity contribution in [3.05, 3.63) is 22.2 Å². The fourth-order valence-electron chi connectivity index (χ4n) is 2.93. The van der Waals surface area contributed by atoms with Crippen LogP contribution in [0.15, 0.2) is 21.6 Å². The Morgan fingerprint density at radius 2 is 2.04 bits per heavy atom. The van der Waals surface area contributed by atoms with Crippen molar-refractivity contribution in [3.8, 4) is 11.5 Å². The average Bonchev–Trinajstić information content (AvgIpc) is 3.13. The molecule has 8 heteroatoms. The largest absolute Gasteiger partial charge is 0.493 e. The van der Waals surface area contributed by atoms with Gasteiger partial charge in [-0.3, -0.25) is 9.79 Å². The van der Waals surface area contributed by atoms with Crippen LogP contribution in [-0.4, -0.2) is 57.2 Å². The van der Waals surface area contributed by atoms with Gasteiger partial charge < -0.3 is 25.0 Å². The fraction of sp³-hybridized carbons (Fsp3) is 0.556. The highest BCUT2D eigenvalue weighted by Gasteiger charge is 2.25. The Bertz CT molecular complexity index is 666. The molecule has 0 saturated carbocycles. The topological polar surface area (TPSA) is 75.2 Å². The molecule has 1 aliphatic rings. The molecule has 1 unspecified atom stereocenters. The van der Waals surface area contributed by atoms with Gasteiger partial charge in [0.2, 0.25) is 5.91 Å². The maximum Gasteiger partial charge on any atom is 0.222 e. The smallest absolute Gasteiger partial charge is 0.222 e. The van der Waals surface area contributed by atoms with Crippen molar-refractivity contribution in [2.24, 2.45) is 4.99 Å². The van der Waals surface area contributed by atoms with Crippen molar-refractivity contribution in [1.29, 1.82) is 0 Å². The predicted molar refractivity (Wildman–Crippen MR) is 106 cm³/mol. The molecule has 0 aromatic heterocycles. The minimum Gasteiger partial charge on any atom is -0.493 e. The predicted octanol–water partition coefficient (Wildman–Crippen LogP) is 2.14. The van der Waals surface area contributed by atoms with Gasteiger partial charge in [-0.25, -0.2) is 0 Å². The van der Waals surface area contributed by atoms with Crippen LogP contribution in [-0.2, 0) is 11.3 Å². The van der Waals surface area contributed by atoms with E-state index < -0.39 is 0 Å². The maximum absolute atomic E-state index is 11.8. The number of amides is 1. The summed E-state index contributed by atoms with van der Waals surface area (Å²) in [6, 6.07) is 4.03. The summed E-state index contributed by atoms with van der Waals surface area (Å²) in [4.78, 5) is 18.0. The molecule has 0 spiro atoms. The molecule has 1 saturated heterocycles. The van der Waals surface area contributed by atoms with Gasteiger partial charge in [0.25, 0.3) is 0 Å². The van der Waals surface area contributed by atoms with Crippen LogP contribution >= 0.6 is 15.9 Å². The van der Waals surface area contributed by atoms with Gasteiger partial charge in [-0.15, -0.1) is 0 Å². The van der Waals surface area contributed by atoms with Crippen molar-refractivity contribution in [2.45, 2.75) is 32.4 Å². The number of benzene rings is 1. The number of hydrogen-bond acceptors (Lipinski definition) is 4. The third-order valence-corrected chi connectivity index (χ3v) is 5.14. The lowest BCUT2D eigenvalue weighted by molar-refractivity contribution is -0.129. The number of halogens is 1. The Morgan fingerprint density at radius 1 is 1.35 bits per heavy atom. The molecular weight excluding hydrogens is 400 g/mol. The Balaban J connectivity index is 1.94. The van der Waals surface area contributed by atoms with Gasteiger partial charge in [0.1, 0.15) is 0 Å². The first-order valence-electron chi connectivity index (χ1n) is 8.67. The Kier molecular flexibility index (Phi) is 7.56. The van der Waals surface area contributed by atoms with Crippen molar-refractivity contribution >= 4 is 27.8 Å². The van der Waals surface area contributed by atoms with Gasteiger partial charge in [-0.1, -0.05) is 22.9 Å². The summed E-state index contributed by atoms with van der Waals surface area (Å²) in [7, 11) is 4.97. The van der Waals surface area contributed by atoms with Crippen LogP contribution in [0, 0.1) is 0 Å². The molecule has 1 amide bonds. The van der Waals surface area contributed by atoms with E-state index in [0.29, 0.717) is 37.0 Å². The molecule has 1 aliphatic heterocycles. The molecule has 1 fully saturated rings. The molecule has 26 heavy (non-hydrogen) atoms. The molecule has 0 radical (unpaired) electrons. The molecule has 1 aromatic carbocycles. The van der Waals surface area contributed by atoms with Gasteiger partial charge in [0.15, 0.2) is 17.5 Å². The van der Waals surface area contributed by atoms with Crippen molar-refractivity contribution in [2.75, 3.05) is 34.4 Å². The molecule has 7 nitrogen and oxygen atoms in total. The van der Waals surface area contributed by atoms with Crippen LogP contribution < -0.4 is 20.1 Å². The summed E-state index contributed by atoms with van der Waals surface area (Å²) < 4.78 is 11.6. The molecule has 0 aliphatic carbocycles. The standard InChI is InChI=1S/C18H27BrN4O3/c1-5-17(24)23-7-6-13(11-23)22-18(20-2)21-10-12-8-15(25-3)16(26-4)9-14(12)19/h8-9,13H,5-7,10-11H2,1-4H3,(H2,20,21,22). The van der Waals surface area contributed by atoms with Gasteiger partial charge >= 0.3 is 0 Å². The number of carbonyl (C=O) groups is 1. The van der Waals surface area contributed by atoms with Crippen molar-refractivity contribution in [1.82, 2.24) is 15.5 Å². The fourth-order valence-corrected chi connectivity index (χ4v) is 3.39. The number of ether oxygens (including phenoxy) is 2. The monoisotopic (exact) mass is 426 g/mol. The van der Waals surface area contributed by atoms with Crippen LogP contribution in [0.25, 0.3) is 0 Å². The molecule has 1 aromatic rings. The molecule has 144 valence electrons. The number of methoxy groups -OCH3 is 2.